The summed E-state index contributed by atoms with van der Waals surface area (Å²) in [5, 5.41) is 6.54. The van der Waals surface area contributed by atoms with Crippen molar-refractivity contribution in [1.29, 1.82) is 0 Å². The van der Waals surface area contributed by atoms with Crippen molar-refractivity contribution in [2.45, 2.75) is 6.42 Å². The second-order valence-corrected chi connectivity index (χ2v) is 3.66. The van der Waals surface area contributed by atoms with Crippen LogP contribution < -0.4 is 0 Å². The highest BCUT2D eigenvalue weighted by Gasteiger charge is 2.12. The standard InChI is InChI=1S/C11H8ClFN2O/c12-11-8(6-16)10(14-15-11)5-7-3-1-2-4-9(7)13/h1-4,6H,5H2,(H,14,15). The van der Waals surface area contributed by atoms with Gasteiger partial charge in [-0.05, 0) is 11.6 Å². The molecule has 0 aliphatic carbocycles. The maximum atomic E-state index is 13.4. The number of nitrogens with zero attached hydrogens (tertiary/aromatic N) is 1. The molecule has 2 aromatic rings. The summed E-state index contributed by atoms with van der Waals surface area (Å²) in [6, 6.07) is 6.35. The number of halogens is 2. The number of H-pyrrole nitrogens is 1. The van der Waals surface area contributed by atoms with Crippen LogP contribution in [-0.2, 0) is 6.42 Å². The molecule has 0 saturated carbocycles. The number of hydrogen-bond acceptors (Lipinski definition) is 2. The molecule has 0 radical (unpaired) electrons. The topological polar surface area (TPSA) is 45.8 Å². The van der Waals surface area contributed by atoms with Crippen LogP contribution in [0.25, 0.3) is 0 Å². The molecule has 0 fully saturated rings. The summed E-state index contributed by atoms with van der Waals surface area (Å²) >= 11 is 5.71. The van der Waals surface area contributed by atoms with Gasteiger partial charge in [-0.3, -0.25) is 9.89 Å². The van der Waals surface area contributed by atoms with Crippen molar-refractivity contribution in [3.05, 3.63) is 52.1 Å². The van der Waals surface area contributed by atoms with Gasteiger partial charge in [-0.25, -0.2) is 4.39 Å². The molecule has 0 aliphatic heterocycles. The molecule has 0 atom stereocenters. The molecule has 16 heavy (non-hydrogen) atoms. The maximum absolute atomic E-state index is 13.4. The molecule has 2 rings (SSSR count). The number of aldehydes is 1. The lowest BCUT2D eigenvalue weighted by molar-refractivity contribution is 0.112. The second kappa shape index (κ2) is 4.45. The minimum atomic E-state index is -0.321. The zero-order chi connectivity index (χ0) is 11.5. The quantitative estimate of drug-likeness (QED) is 0.836. The van der Waals surface area contributed by atoms with Gasteiger partial charge in [0.1, 0.15) is 11.0 Å². The highest BCUT2D eigenvalue weighted by molar-refractivity contribution is 6.31. The minimum absolute atomic E-state index is 0.182. The number of carbonyl (C=O) groups is 1. The predicted octanol–water partition coefficient (Wildman–Crippen LogP) is 2.61. The zero-order valence-electron chi connectivity index (χ0n) is 8.21. The van der Waals surface area contributed by atoms with E-state index in [0.717, 1.165) is 0 Å². The van der Waals surface area contributed by atoms with E-state index in [1.165, 1.54) is 6.07 Å². The van der Waals surface area contributed by atoms with Crippen LogP contribution in [0, 0.1) is 5.82 Å². The monoisotopic (exact) mass is 238 g/mol. The molecule has 0 spiro atoms. The van der Waals surface area contributed by atoms with E-state index < -0.39 is 0 Å². The van der Waals surface area contributed by atoms with E-state index in [1.54, 1.807) is 18.2 Å². The van der Waals surface area contributed by atoms with Gasteiger partial charge in [-0.1, -0.05) is 29.8 Å². The van der Waals surface area contributed by atoms with Gasteiger partial charge in [-0.15, -0.1) is 0 Å². The van der Waals surface area contributed by atoms with Crippen LogP contribution in [0.15, 0.2) is 24.3 Å². The van der Waals surface area contributed by atoms with E-state index in [2.05, 4.69) is 10.2 Å². The Labute approximate surface area is 96.2 Å². The predicted molar refractivity (Wildman–Crippen MR) is 58.2 cm³/mol. The average molecular weight is 239 g/mol. The molecule has 3 nitrogen and oxygen atoms in total. The molecule has 0 aliphatic rings. The number of nitrogens with one attached hydrogen (secondary N) is 1. The largest absolute Gasteiger partial charge is 0.298 e. The fourth-order valence-electron chi connectivity index (χ4n) is 1.44. The number of benzene rings is 1. The fraction of sp³-hybridized carbons (Fsp3) is 0.0909. The normalized spacial score (nSPS) is 10.4. The van der Waals surface area contributed by atoms with Crippen molar-refractivity contribution >= 4 is 17.9 Å². The zero-order valence-corrected chi connectivity index (χ0v) is 8.96. The van der Waals surface area contributed by atoms with Gasteiger partial charge in [0, 0.05) is 6.42 Å². The van der Waals surface area contributed by atoms with Gasteiger partial charge in [0.2, 0.25) is 0 Å². The van der Waals surface area contributed by atoms with Gasteiger partial charge in [0.25, 0.3) is 0 Å². The first-order valence-electron chi connectivity index (χ1n) is 4.63. The summed E-state index contributed by atoms with van der Waals surface area (Å²) in [5.41, 5.74) is 1.21. The molecular formula is C11H8ClFN2O. The summed E-state index contributed by atoms with van der Waals surface area (Å²) in [4.78, 5) is 10.7. The third-order valence-corrected chi connectivity index (χ3v) is 2.56. The van der Waals surface area contributed by atoms with Gasteiger partial charge < -0.3 is 0 Å². The van der Waals surface area contributed by atoms with Gasteiger partial charge in [0.15, 0.2) is 6.29 Å². The number of aromatic nitrogens is 2. The first kappa shape index (κ1) is 10.8. The molecule has 1 N–H and O–H groups in total. The molecule has 82 valence electrons. The first-order chi connectivity index (χ1) is 7.72. The van der Waals surface area contributed by atoms with Crippen LogP contribution >= 0.6 is 11.6 Å². The van der Waals surface area contributed by atoms with Crippen molar-refractivity contribution in [1.82, 2.24) is 10.2 Å². The number of rotatable bonds is 3. The molecular weight excluding hydrogens is 231 g/mol. The van der Waals surface area contributed by atoms with E-state index in [4.69, 9.17) is 11.6 Å². The third kappa shape index (κ3) is 1.97. The summed E-state index contributed by atoms with van der Waals surface area (Å²) in [6.07, 6.45) is 0.853. The Kier molecular flexibility index (Phi) is 3.01. The van der Waals surface area contributed by atoms with Crippen LogP contribution in [0.2, 0.25) is 5.15 Å². The number of hydrogen-bond donors (Lipinski definition) is 1. The van der Waals surface area contributed by atoms with Crippen LogP contribution in [0.4, 0.5) is 4.39 Å². The SMILES string of the molecule is O=Cc1c(Cc2ccccc2F)n[nH]c1Cl. The van der Waals surface area contributed by atoms with Gasteiger partial charge >= 0.3 is 0 Å². The second-order valence-electron chi connectivity index (χ2n) is 3.28. The Morgan fingerprint density at radius 3 is 2.88 bits per heavy atom. The third-order valence-electron chi connectivity index (χ3n) is 2.27. The number of carbonyl (C=O) groups excluding carboxylic acids is 1. The Morgan fingerprint density at radius 1 is 1.44 bits per heavy atom. The summed E-state index contributed by atoms with van der Waals surface area (Å²) in [6.45, 7) is 0. The van der Waals surface area contributed by atoms with E-state index >= 15 is 0 Å². The lowest BCUT2D eigenvalue weighted by Gasteiger charge is -2.00. The maximum Gasteiger partial charge on any atom is 0.155 e. The summed E-state index contributed by atoms with van der Waals surface area (Å²) in [7, 11) is 0. The van der Waals surface area contributed by atoms with Crippen molar-refractivity contribution < 1.29 is 9.18 Å². The van der Waals surface area contributed by atoms with E-state index in [1.807, 2.05) is 0 Å². The Balaban J connectivity index is 2.34. The summed E-state index contributed by atoms with van der Waals surface area (Å²) < 4.78 is 13.4. The molecule has 0 unspecified atom stereocenters. The fourth-order valence-corrected chi connectivity index (χ4v) is 1.64. The molecule has 1 aromatic carbocycles. The summed E-state index contributed by atoms with van der Waals surface area (Å²) in [5.74, 6) is -0.321. The lowest BCUT2D eigenvalue weighted by Crippen LogP contribution is -1.96. The van der Waals surface area contributed by atoms with Crippen molar-refractivity contribution in [2.24, 2.45) is 0 Å². The first-order valence-corrected chi connectivity index (χ1v) is 5.01. The van der Waals surface area contributed by atoms with Crippen molar-refractivity contribution in [3.8, 4) is 0 Å². The molecule has 1 heterocycles. The van der Waals surface area contributed by atoms with Gasteiger partial charge in [0.05, 0.1) is 11.3 Å². The Bertz CT molecular complexity index is 524. The van der Waals surface area contributed by atoms with Crippen molar-refractivity contribution in [2.75, 3.05) is 0 Å². The molecule has 0 amide bonds. The lowest BCUT2D eigenvalue weighted by atomic mass is 10.1. The highest BCUT2D eigenvalue weighted by atomic mass is 35.5. The van der Waals surface area contributed by atoms with E-state index in [0.29, 0.717) is 17.5 Å². The Morgan fingerprint density at radius 2 is 2.19 bits per heavy atom. The van der Waals surface area contributed by atoms with E-state index in [9.17, 15) is 9.18 Å². The molecule has 5 heteroatoms. The van der Waals surface area contributed by atoms with E-state index in [-0.39, 0.29) is 23.0 Å². The average Bonchev–Trinajstić information content (AvgIpc) is 2.63. The van der Waals surface area contributed by atoms with Crippen molar-refractivity contribution in [3.63, 3.8) is 0 Å². The highest BCUT2D eigenvalue weighted by Crippen LogP contribution is 2.18. The van der Waals surface area contributed by atoms with Crippen LogP contribution in [-0.4, -0.2) is 16.5 Å². The Hall–Kier alpha value is -1.68. The van der Waals surface area contributed by atoms with Crippen LogP contribution in [0.1, 0.15) is 21.6 Å². The minimum Gasteiger partial charge on any atom is -0.298 e. The molecule has 0 saturated heterocycles. The van der Waals surface area contributed by atoms with Crippen LogP contribution in [0.5, 0.6) is 0 Å². The smallest absolute Gasteiger partial charge is 0.155 e. The number of aromatic amines is 1. The molecule has 0 bridgehead atoms. The van der Waals surface area contributed by atoms with Crippen LogP contribution in [0.3, 0.4) is 0 Å². The van der Waals surface area contributed by atoms with Gasteiger partial charge in [-0.2, -0.15) is 5.10 Å². The molecule has 1 aromatic heterocycles.